The van der Waals surface area contributed by atoms with Crippen molar-refractivity contribution in [1.29, 1.82) is 0 Å². The number of amides is 1. The standard InChI is InChI=1S/C13H15NO4/c1-17-8-18-10-4-2-9(3-5-10)6-11-12(15)7-13(16)14-11/h2-5,11H,6-8H2,1H3,(H,14,16)/t11-/m1/s1. The molecule has 0 radical (unpaired) electrons. The van der Waals surface area contributed by atoms with E-state index in [1.54, 1.807) is 7.11 Å². The number of rotatable bonds is 5. The highest BCUT2D eigenvalue weighted by molar-refractivity contribution is 6.07. The van der Waals surface area contributed by atoms with Crippen molar-refractivity contribution >= 4 is 11.7 Å². The number of hydrogen-bond donors (Lipinski definition) is 1. The van der Waals surface area contributed by atoms with Crippen LogP contribution in [0.1, 0.15) is 12.0 Å². The highest BCUT2D eigenvalue weighted by atomic mass is 16.7. The Morgan fingerprint density at radius 2 is 2.00 bits per heavy atom. The van der Waals surface area contributed by atoms with Gasteiger partial charge in [0.2, 0.25) is 5.91 Å². The smallest absolute Gasteiger partial charge is 0.228 e. The van der Waals surface area contributed by atoms with Crippen LogP contribution < -0.4 is 10.1 Å². The van der Waals surface area contributed by atoms with Gasteiger partial charge in [-0.2, -0.15) is 0 Å². The van der Waals surface area contributed by atoms with Crippen LogP contribution in [0, 0.1) is 0 Å². The summed E-state index contributed by atoms with van der Waals surface area (Å²) in [4.78, 5) is 22.5. The lowest BCUT2D eigenvalue weighted by Crippen LogP contribution is -2.31. The molecule has 1 aromatic carbocycles. The molecule has 0 aromatic heterocycles. The molecule has 0 unspecified atom stereocenters. The van der Waals surface area contributed by atoms with E-state index in [0.29, 0.717) is 12.2 Å². The molecule has 18 heavy (non-hydrogen) atoms. The van der Waals surface area contributed by atoms with Gasteiger partial charge in [-0.1, -0.05) is 12.1 Å². The summed E-state index contributed by atoms with van der Waals surface area (Å²) in [6.07, 6.45) is 0.523. The second-order valence-electron chi connectivity index (χ2n) is 4.16. The third-order valence-corrected chi connectivity index (χ3v) is 2.77. The van der Waals surface area contributed by atoms with E-state index in [1.165, 1.54) is 0 Å². The Kier molecular flexibility index (Phi) is 3.94. The van der Waals surface area contributed by atoms with Gasteiger partial charge in [0.15, 0.2) is 12.6 Å². The van der Waals surface area contributed by atoms with Crippen molar-refractivity contribution in [2.45, 2.75) is 18.9 Å². The molecule has 1 atom stereocenters. The van der Waals surface area contributed by atoms with Gasteiger partial charge in [-0.15, -0.1) is 0 Å². The number of ether oxygens (including phenoxy) is 2. The molecule has 0 aliphatic carbocycles. The zero-order valence-corrected chi connectivity index (χ0v) is 10.1. The minimum absolute atomic E-state index is 0.000297. The quantitative estimate of drug-likeness (QED) is 0.615. The first-order valence-electron chi connectivity index (χ1n) is 5.72. The van der Waals surface area contributed by atoms with Crippen molar-refractivity contribution in [2.24, 2.45) is 0 Å². The third-order valence-electron chi connectivity index (χ3n) is 2.77. The van der Waals surface area contributed by atoms with E-state index in [4.69, 9.17) is 9.47 Å². The minimum atomic E-state index is -0.386. The Labute approximate surface area is 105 Å². The number of carbonyl (C=O) groups excluding carboxylic acids is 2. The van der Waals surface area contributed by atoms with Crippen molar-refractivity contribution in [3.05, 3.63) is 29.8 Å². The van der Waals surface area contributed by atoms with Crippen LogP contribution in [0.2, 0.25) is 0 Å². The van der Waals surface area contributed by atoms with Crippen molar-refractivity contribution in [2.75, 3.05) is 13.9 Å². The number of Topliss-reactive ketones (excluding diaryl/α,β-unsaturated/α-hetero) is 1. The number of nitrogens with one attached hydrogen (secondary N) is 1. The maximum atomic E-state index is 11.5. The topological polar surface area (TPSA) is 64.6 Å². The monoisotopic (exact) mass is 249 g/mol. The normalized spacial score (nSPS) is 18.8. The van der Waals surface area contributed by atoms with Gasteiger partial charge >= 0.3 is 0 Å². The fourth-order valence-electron chi connectivity index (χ4n) is 1.86. The summed E-state index contributed by atoms with van der Waals surface area (Å²) in [5.41, 5.74) is 0.986. The molecule has 1 heterocycles. The summed E-state index contributed by atoms with van der Waals surface area (Å²) in [7, 11) is 1.56. The number of methoxy groups -OCH3 is 1. The second-order valence-corrected chi connectivity index (χ2v) is 4.16. The molecule has 1 aliphatic rings. The SMILES string of the molecule is COCOc1ccc(C[C@H]2NC(=O)CC2=O)cc1. The van der Waals surface area contributed by atoms with Gasteiger partial charge in [0.25, 0.3) is 0 Å². The van der Waals surface area contributed by atoms with Gasteiger partial charge in [0.05, 0.1) is 12.5 Å². The number of hydrogen-bond acceptors (Lipinski definition) is 4. The summed E-state index contributed by atoms with van der Waals surface area (Å²) < 4.78 is 10.1. The third kappa shape index (κ3) is 3.07. The molecule has 96 valence electrons. The van der Waals surface area contributed by atoms with E-state index in [9.17, 15) is 9.59 Å². The van der Waals surface area contributed by atoms with E-state index in [2.05, 4.69) is 5.32 Å². The van der Waals surface area contributed by atoms with Crippen LogP contribution in [-0.2, 0) is 20.7 Å². The van der Waals surface area contributed by atoms with E-state index in [-0.39, 0.29) is 30.9 Å². The molecule has 1 N–H and O–H groups in total. The first-order valence-corrected chi connectivity index (χ1v) is 5.72. The fourth-order valence-corrected chi connectivity index (χ4v) is 1.86. The first kappa shape index (κ1) is 12.6. The van der Waals surface area contributed by atoms with Crippen molar-refractivity contribution in [3.8, 4) is 5.75 Å². The summed E-state index contributed by atoms with van der Waals surface area (Å²) >= 11 is 0. The molecular weight excluding hydrogens is 234 g/mol. The molecule has 0 spiro atoms. The Balaban J connectivity index is 1.94. The number of carbonyl (C=O) groups is 2. The Hall–Kier alpha value is -1.88. The van der Waals surface area contributed by atoms with Crippen molar-refractivity contribution in [1.82, 2.24) is 5.32 Å². The molecule has 0 bridgehead atoms. The molecule has 1 aliphatic heterocycles. The summed E-state index contributed by atoms with van der Waals surface area (Å²) in [6, 6.07) is 7.00. The highest BCUT2D eigenvalue weighted by Crippen LogP contribution is 2.15. The molecule has 5 nitrogen and oxygen atoms in total. The number of benzene rings is 1. The van der Waals surface area contributed by atoms with Gasteiger partial charge in [0, 0.05) is 7.11 Å². The Morgan fingerprint density at radius 1 is 1.28 bits per heavy atom. The highest BCUT2D eigenvalue weighted by Gasteiger charge is 2.29. The molecule has 1 saturated heterocycles. The van der Waals surface area contributed by atoms with Crippen LogP contribution in [0.4, 0.5) is 0 Å². The predicted octanol–water partition coefficient (Wildman–Crippen LogP) is 0.669. The average Bonchev–Trinajstić information content (AvgIpc) is 2.67. The molecule has 1 fully saturated rings. The van der Waals surface area contributed by atoms with Crippen molar-refractivity contribution in [3.63, 3.8) is 0 Å². The van der Waals surface area contributed by atoms with E-state index in [1.807, 2.05) is 24.3 Å². The zero-order chi connectivity index (χ0) is 13.0. The largest absolute Gasteiger partial charge is 0.468 e. The van der Waals surface area contributed by atoms with Gasteiger partial charge in [-0.05, 0) is 24.1 Å². The molecule has 2 rings (SSSR count). The summed E-state index contributed by atoms with van der Waals surface area (Å²) in [5.74, 6) is 0.479. The Morgan fingerprint density at radius 3 is 2.56 bits per heavy atom. The molecule has 1 amide bonds. The molecule has 0 saturated carbocycles. The van der Waals surface area contributed by atoms with Crippen LogP contribution in [0.3, 0.4) is 0 Å². The van der Waals surface area contributed by atoms with Gasteiger partial charge in [-0.25, -0.2) is 0 Å². The molecular formula is C13H15NO4. The predicted molar refractivity (Wildman–Crippen MR) is 64.2 cm³/mol. The second kappa shape index (κ2) is 5.64. The lowest BCUT2D eigenvalue weighted by molar-refractivity contribution is -0.122. The minimum Gasteiger partial charge on any atom is -0.468 e. The maximum absolute atomic E-state index is 11.5. The van der Waals surface area contributed by atoms with Crippen LogP contribution in [0.5, 0.6) is 5.75 Å². The zero-order valence-electron chi connectivity index (χ0n) is 10.1. The fraction of sp³-hybridized carbons (Fsp3) is 0.385. The van der Waals surface area contributed by atoms with Crippen LogP contribution in [-0.4, -0.2) is 31.6 Å². The van der Waals surface area contributed by atoms with Crippen LogP contribution >= 0.6 is 0 Å². The summed E-state index contributed by atoms with van der Waals surface area (Å²) in [5, 5.41) is 2.66. The van der Waals surface area contributed by atoms with Gasteiger partial charge in [-0.3, -0.25) is 9.59 Å². The van der Waals surface area contributed by atoms with E-state index in [0.717, 1.165) is 5.56 Å². The average molecular weight is 249 g/mol. The van der Waals surface area contributed by atoms with Crippen LogP contribution in [0.15, 0.2) is 24.3 Å². The number of ketones is 1. The van der Waals surface area contributed by atoms with E-state index < -0.39 is 0 Å². The first-order chi connectivity index (χ1) is 8.69. The lowest BCUT2D eigenvalue weighted by Gasteiger charge is -2.09. The van der Waals surface area contributed by atoms with Crippen LogP contribution in [0.25, 0.3) is 0 Å². The lowest BCUT2D eigenvalue weighted by atomic mass is 10.0. The molecule has 5 heteroatoms. The molecule has 1 aromatic rings. The maximum Gasteiger partial charge on any atom is 0.228 e. The van der Waals surface area contributed by atoms with E-state index >= 15 is 0 Å². The summed E-state index contributed by atoms with van der Waals surface area (Å²) in [6.45, 7) is 0.205. The van der Waals surface area contributed by atoms with Gasteiger partial charge < -0.3 is 14.8 Å². The van der Waals surface area contributed by atoms with Gasteiger partial charge in [0.1, 0.15) is 5.75 Å². The van der Waals surface area contributed by atoms with Crippen molar-refractivity contribution < 1.29 is 19.1 Å². The Bertz CT molecular complexity index is 441.